The maximum Gasteiger partial charge on any atom is 0.434 e. The van der Waals surface area contributed by atoms with Crippen LogP contribution in [0, 0.1) is 5.92 Å². The van der Waals surface area contributed by atoms with Gasteiger partial charge in [0.15, 0.2) is 11.3 Å². The molecule has 0 saturated heterocycles. The topological polar surface area (TPSA) is 65.4 Å². The minimum Gasteiger partial charge on any atom is -0.492 e. The van der Waals surface area contributed by atoms with Gasteiger partial charge in [0, 0.05) is 17.3 Å². The van der Waals surface area contributed by atoms with Gasteiger partial charge in [0.05, 0.1) is 6.20 Å². The van der Waals surface area contributed by atoms with Crippen molar-refractivity contribution in [1.29, 1.82) is 0 Å². The van der Waals surface area contributed by atoms with Crippen LogP contribution < -0.4 is 10.5 Å². The van der Waals surface area contributed by atoms with E-state index >= 15 is 0 Å². The maximum atomic E-state index is 12.9. The first kappa shape index (κ1) is 20.1. The molecule has 0 amide bonds. The molecule has 3 rings (SSSR count). The number of halogens is 3. The molecule has 8 heteroatoms. The molecule has 3 aromatic rings. The summed E-state index contributed by atoms with van der Waals surface area (Å²) in [5.74, 6) is 1.11. The predicted molar refractivity (Wildman–Crippen MR) is 101 cm³/mol. The number of nitrogens with two attached hydrogens (primary N) is 1. The van der Waals surface area contributed by atoms with Crippen LogP contribution in [0.4, 0.5) is 13.2 Å². The van der Waals surface area contributed by atoms with E-state index < -0.39 is 17.4 Å². The quantitative estimate of drug-likeness (QED) is 0.668. The smallest absolute Gasteiger partial charge is 0.434 e. The third kappa shape index (κ3) is 4.62. The molecule has 0 bridgehead atoms. The normalized spacial score (nSPS) is 14.4. The summed E-state index contributed by atoms with van der Waals surface area (Å²) in [5.41, 5.74) is 6.27. The largest absolute Gasteiger partial charge is 0.492 e. The standard InChI is InChI=1S/C20H23F3N4O/c1-13(2)10-19(3,24)12-28-15-6-4-14(5-7-15)16-8-9-25-27-11-17(20(21,22)23)26-18(16)27/h4-9,11,13H,10,12,24H2,1-3H3/t19-/m0/s1. The third-order valence-electron chi connectivity index (χ3n) is 4.26. The number of imidazole rings is 1. The van der Waals surface area contributed by atoms with Crippen LogP contribution in [0.15, 0.2) is 42.7 Å². The second-order valence-corrected chi connectivity index (χ2v) is 7.70. The van der Waals surface area contributed by atoms with Gasteiger partial charge in [-0.25, -0.2) is 9.50 Å². The van der Waals surface area contributed by atoms with Gasteiger partial charge in [0.1, 0.15) is 12.4 Å². The molecule has 5 nitrogen and oxygen atoms in total. The van der Waals surface area contributed by atoms with Crippen LogP contribution in [0.1, 0.15) is 32.9 Å². The number of nitrogens with zero attached hydrogens (tertiary/aromatic N) is 3. The molecule has 1 aromatic carbocycles. The highest BCUT2D eigenvalue weighted by Gasteiger charge is 2.34. The first-order chi connectivity index (χ1) is 13.0. The molecule has 0 unspecified atom stereocenters. The van der Waals surface area contributed by atoms with Crippen molar-refractivity contribution in [2.24, 2.45) is 11.7 Å². The Morgan fingerprint density at radius 1 is 1.14 bits per heavy atom. The summed E-state index contributed by atoms with van der Waals surface area (Å²) in [6, 6.07) is 8.74. The van der Waals surface area contributed by atoms with Crippen molar-refractivity contribution in [1.82, 2.24) is 14.6 Å². The molecule has 1 atom stereocenters. The third-order valence-corrected chi connectivity index (χ3v) is 4.26. The summed E-state index contributed by atoms with van der Waals surface area (Å²) < 4.78 is 45.8. The Labute approximate surface area is 161 Å². The van der Waals surface area contributed by atoms with Crippen molar-refractivity contribution in [3.05, 3.63) is 48.4 Å². The molecule has 0 radical (unpaired) electrons. The Kier molecular flexibility index (Phi) is 5.34. The summed E-state index contributed by atoms with van der Waals surface area (Å²) in [6.45, 7) is 6.54. The number of rotatable bonds is 6. The fourth-order valence-electron chi connectivity index (χ4n) is 3.23. The number of alkyl halides is 3. The van der Waals surface area contributed by atoms with Gasteiger partial charge in [-0.2, -0.15) is 18.3 Å². The van der Waals surface area contributed by atoms with Crippen LogP contribution in [0.5, 0.6) is 5.75 Å². The SMILES string of the molecule is CC(C)C[C@](C)(N)COc1ccc(-c2ccnn3cc(C(F)(F)F)nc23)cc1. The molecular weight excluding hydrogens is 369 g/mol. The Morgan fingerprint density at radius 3 is 2.43 bits per heavy atom. The highest BCUT2D eigenvalue weighted by Crippen LogP contribution is 2.31. The molecule has 0 spiro atoms. The number of fused-ring (bicyclic) bond motifs is 1. The number of hydrogen-bond donors (Lipinski definition) is 1. The first-order valence-corrected chi connectivity index (χ1v) is 8.99. The summed E-state index contributed by atoms with van der Waals surface area (Å²) >= 11 is 0. The maximum absolute atomic E-state index is 12.9. The van der Waals surface area contributed by atoms with Crippen LogP contribution in [0.2, 0.25) is 0 Å². The van der Waals surface area contributed by atoms with E-state index in [1.165, 1.54) is 6.20 Å². The summed E-state index contributed by atoms with van der Waals surface area (Å²) in [7, 11) is 0. The molecule has 150 valence electrons. The Balaban J connectivity index is 1.81. The Bertz CT molecular complexity index is 946. The van der Waals surface area contributed by atoms with Gasteiger partial charge in [0.25, 0.3) is 0 Å². The number of benzene rings is 1. The van der Waals surface area contributed by atoms with Gasteiger partial charge in [-0.05, 0) is 43.0 Å². The Morgan fingerprint density at radius 2 is 1.82 bits per heavy atom. The van der Waals surface area contributed by atoms with Gasteiger partial charge in [0.2, 0.25) is 0 Å². The van der Waals surface area contributed by atoms with E-state index in [2.05, 4.69) is 23.9 Å². The zero-order valence-electron chi connectivity index (χ0n) is 16.0. The second kappa shape index (κ2) is 7.43. The lowest BCUT2D eigenvalue weighted by Gasteiger charge is -2.26. The van der Waals surface area contributed by atoms with E-state index in [0.717, 1.165) is 22.7 Å². The van der Waals surface area contributed by atoms with Gasteiger partial charge in [-0.15, -0.1) is 0 Å². The highest BCUT2D eigenvalue weighted by molar-refractivity contribution is 5.77. The molecule has 0 aliphatic carbocycles. The minimum atomic E-state index is -4.52. The zero-order valence-corrected chi connectivity index (χ0v) is 16.0. The summed E-state index contributed by atoms with van der Waals surface area (Å²) in [6.07, 6.45) is -1.36. The van der Waals surface area contributed by atoms with E-state index in [4.69, 9.17) is 10.5 Å². The molecule has 0 saturated carbocycles. The van der Waals surface area contributed by atoms with Crippen LogP contribution in [0.3, 0.4) is 0 Å². The van der Waals surface area contributed by atoms with Crippen molar-refractivity contribution >= 4 is 5.65 Å². The average Bonchev–Trinajstić information content (AvgIpc) is 3.04. The van der Waals surface area contributed by atoms with Crippen LogP contribution in [0.25, 0.3) is 16.8 Å². The van der Waals surface area contributed by atoms with Crippen LogP contribution in [-0.4, -0.2) is 26.7 Å². The summed E-state index contributed by atoms with van der Waals surface area (Å²) in [5, 5.41) is 3.91. The lowest BCUT2D eigenvalue weighted by atomic mass is 9.93. The lowest BCUT2D eigenvalue weighted by Crippen LogP contribution is -2.43. The molecule has 0 aliphatic heterocycles. The molecule has 28 heavy (non-hydrogen) atoms. The van der Waals surface area contributed by atoms with Crippen LogP contribution >= 0.6 is 0 Å². The molecule has 0 aliphatic rings. The predicted octanol–water partition coefficient (Wildman–Crippen LogP) is 4.56. The van der Waals surface area contributed by atoms with E-state index in [9.17, 15) is 13.2 Å². The first-order valence-electron chi connectivity index (χ1n) is 8.99. The van der Waals surface area contributed by atoms with Crippen molar-refractivity contribution in [2.75, 3.05) is 6.61 Å². The lowest BCUT2D eigenvalue weighted by molar-refractivity contribution is -0.140. The average molecular weight is 392 g/mol. The second-order valence-electron chi connectivity index (χ2n) is 7.70. The van der Waals surface area contributed by atoms with Crippen molar-refractivity contribution in [2.45, 2.75) is 38.9 Å². The number of aromatic nitrogens is 3. The highest BCUT2D eigenvalue weighted by atomic mass is 19.4. The minimum absolute atomic E-state index is 0.148. The van der Waals surface area contributed by atoms with Gasteiger partial charge in [-0.3, -0.25) is 0 Å². The molecule has 2 aromatic heterocycles. The monoisotopic (exact) mass is 392 g/mol. The molecular formula is C20H23F3N4O. The van der Waals surface area contributed by atoms with Gasteiger partial charge in [-0.1, -0.05) is 26.0 Å². The zero-order chi connectivity index (χ0) is 20.5. The fraction of sp³-hybridized carbons (Fsp3) is 0.400. The molecule has 0 fully saturated rings. The van der Waals surface area contributed by atoms with E-state index in [1.54, 1.807) is 30.3 Å². The number of ether oxygens (including phenoxy) is 1. The fourth-order valence-corrected chi connectivity index (χ4v) is 3.23. The van der Waals surface area contributed by atoms with E-state index in [-0.39, 0.29) is 5.65 Å². The van der Waals surface area contributed by atoms with Gasteiger partial charge < -0.3 is 10.5 Å². The number of hydrogen-bond acceptors (Lipinski definition) is 4. The Hall–Kier alpha value is -2.61. The van der Waals surface area contributed by atoms with Crippen molar-refractivity contribution < 1.29 is 17.9 Å². The van der Waals surface area contributed by atoms with Crippen molar-refractivity contribution in [3.63, 3.8) is 0 Å². The van der Waals surface area contributed by atoms with Gasteiger partial charge >= 0.3 is 6.18 Å². The van der Waals surface area contributed by atoms with E-state index in [0.29, 0.717) is 23.8 Å². The van der Waals surface area contributed by atoms with Crippen molar-refractivity contribution in [3.8, 4) is 16.9 Å². The van der Waals surface area contributed by atoms with E-state index in [1.807, 2.05) is 6.92 Å². The molecule has 2 N–H and O–H groups in total. The molecule has 2 heterocycles. The summed E-state index contributed by atoms with van der Waals surface area (Å²) in [4.78, 5) is 3.71. The van der Waals surface area contributed by atoms with Crippen LogP contribution in [-0.2, 0) is 6.18 Å².